The van der Waals surface area contributed by atoms with Crippen LogP contribution in [-0.4, -0.2) is 11.3 Å². The highest BCUT2D eigenvalue weighted by molar-refractivity contribution is 7.13. The van der Waals surface area contributed by atoms with Crippen molar-refractivity contribution in [1.82, 2.24) is 4.98 Å². The van der Waals surface area contributed by atoms with Gasteiger partial charge in [-0.25, -0.2) is 4.98 Å². The Morgan fingerprint density at radius 3 is 3.07 bits per heavy atom. The molecule has 70 valence electrons. The van der Waals surface area contributed by atoms with Crippen molar-refractivity contribution in [3.8, 4) is 10.6 Å². The number of nitrogens with zero attached hydrogens (tertiary/aromatic N) is 1. The van der Waals surface area contributed by atoms with E-state index < -0.39 is 0 Å². The monoisotopic (exact) mass is 203 g/mol. The summed E-state index contributed by atoms with van der Waals surface area (Å²) in [5, 5.41) is 2.94. The summed E-state index contributed by atoms with van der Waals surface area (Å²) in [5.41, 5.74) is 2.12. The fraction of sp³-hybridized carbons (Fsp3) is 0.0909. The number of benzene rings is 1. The summed E-state index contributed by atoms with van der Waals surface area (Å²) in [4.78, 5) is 14.6. The molecule has 0 atom stereocenters. The molecule has 0 aliphatic heterocycles. The lowest BCUT2D eigenvalue weighted by Gasteiger charge is -1.98. The minimum Gasteiger partial charge on any atom is -0.303 e. The predicted octanol–water partition coefficient (Wildman–Crippen LogP) is 2.55. The van der Waals surface area contributed by atoms with Gasteiger partial charge in [0.15, 0.2) is 0 Å². The van der Waals surface area contributed by atoms with Crippen LogP contribution >= 0.6 is 11.3 Å². The van der Waals surface area contributed by atoms with E-state index in [1.807, 2.05) is 29.6 Å². The minimum absolute atomic E-state index is 0.471. The van der Waals surface area contributed by atoms with E-state index in [9.17, 15) is 4.79 Å². The third kappa shape index (κ3) is 1.88. The van der Waals surface area contributed by atoms with E-state index in [0.29, 0.717) is 6.42 Å². The molecule has 0 amide bonds. The molecule has 0 N–H and O–H groups in total. The molecular weight excluding hydrogens is 194 g/mol. The summed E-state index contributed by atoms with van der Waals surface area (Å²) >= 11 is 1.60. The lowest BCUT2D eigenvalue weighted by molar-refractivity contribution is -0.107. The number of rotatable bonds is 3. The second-order valence-corrected chi connectivity index (χ2v) is 3.80. The number of thiazole rings is 1. The molecule has 0 aliphatic carbocycles. The van der Waals surface area contributed by atoms with E-state index in [0.717, 1.165) is 22.4 Å². The third-order valence-corrected chi connectivity index (χ3v) is 2.75. The lowest BCUT2D eigenvalue weighted by atomic mass is 10.1. The van der Waals surface area contributed by atoms with Crippen molar-refractivity contribution in [2.45, 2.75) is 6.42 Å². The first kappa shape index (κ1) is 9.09. The van der Waals surface area contributed by atoms with Gasteiger partial charge in [-0.2, -0.15) is 0 Å². The number of carbonyl (C=O) groups is 1. The van der Waals surface area contributed by atoms with Crippen molar-refractivity contribution >= 4 is 17.6 Å². The Kier molecular flexibility index (Phi) is 2.70. The Hall–Kier alpha value is -1.48. The number of hydrogen-bond donors (Lipinski definition) is 0. The van der Waals surface area contributed by atoms with Gasteiger partial charge in [0.1, 0.15) is 11.3 Å². The fourth-order valence-corrected chi connectivity index (χ4v) is 1.93. The van der Waals surface area contributed by atoms with Crippen molar-refractivity contribution in [2.24, 2.45) is 0 Å². The van der Waals surface area contributed by atoms with Gasteiger partial charge >= 0.3 is 0 Å². The largest absolute Gasteiger partial charge is 0.303 e. The quantitative estimate of drug-likeness (QED) is 0.717. The summed E-state index contributed by atoms with van der Waals surface area (Å²) in [6, 6.07) is 7.92. The summed E-state index contributed by atoms with van der Waals surface area (Å²) in [7, 11) is 0. The normalized spacial score (nSPS) is 10.0. The Bertz CT molecular complexity index is 423. The summed E-state index contributed by atoms with van der Waals surface area (Å²) < 4.78 is 0. The zero-order valence-electron chi connectivity index (χ0n) is 7.51. The number of carbonyl (C=O) groups excluding carboxylic acids is 1. The molecule has 0 saturated heterocycles. The molecule has 0 unspecified atom stereocenters. The van der Waals surface area contributed by atoms with Crippen LogP contribution in [0, 0.1) is 0 Å². The summed E-state index contributed by atoms with van der Waals surface area (Å²) in [6.45, 7) is 0. The zero-order chi connectivity index (χ0) is 9.80. The molecule has 0 saturated carbocycles. The van der Waals surface area contributed by atoms with Gasteiger partial charge in [0.25, 0.3) is 0 Å². The molecule has 3 heteroatoms. The van der Waals surface area contributed by atoms with Gasteiger partial charge in [-0.1, -0.05) is 18.2 Å². The highest BCUT2D eigenvalue weighted by Crippen LogP contribution is 2.22. The van der Waals surface area contributed by atoms with Gasteiger partial charge in [0.2, 0.25) is 0 Å². The predicted molar refractivity (Wildman–Crippen MR) is 57.3 cm³/mol. The fourth-order valence-electron chi connectivity index (χ4n) is 1.29. The van der Waals surface area contributed by atoms with Crippen molar-refractivity contribution in [1.29, 1.82) is 0 Å². The molecule has 2 aromatic rings. The van der Waals surface area contributed by atoms with Crippen LogP contribution in [0.4, 0.5) is 0 Å². The van der Waals surface area contributed by atoms with Crippen LogP contribution in [-0.2, 0) is 11.2 Å². The van der Waals surface area contributed by atoms with Gasteiger partial charge in [0.05, 0.1) is 0 Å². The van der Waals surface area contributed by atoms with Gasteiger partial charge in [0, 0.05) is 23.6 Å². The second kappa shape index (κ2) is 4.15. The van der Waals surface area contributed by atoms with Gasteiger partial charge in [-0.05, 0) is 11.6 Å². The topological polar surface area (TPSA) is 30.0 Å². The maximum atomic E-state index is 10.4. The second-order valence-electron chi connectivity index (χ2n) is 2.91. The molecule has 2 nitrogen and oxygen atoms in total. The number of hydrogen-bond acceptors (Lipinski definition) is 3. The summed E-state index contributed by atoms with van der Waals surface area (Å²) in [5.74, 6) is 0. The van der Waals surface area contributed by atoms with Crippen LogP contribution in [0.15, 0.2) is 35.8 Å². The number of aromatic nitrogens is 1. The molecule has 0 radical (unpaired) electrons. The van der Waals surface area contributed by atoms with Gasteiger partial charge < -0.3 is 4.79 Å². The molecule has 0 bridgehead atoms. The van der Waals surface area contributed by atoms with Crippen molar-refractivity contribution < 1.29 is 4.79 Å². The molecule has 2 rings (SSSR count). The highest BCUT2D eigenvalue weighted by atomic mass is 32.1. The molecule has 1 heterocycles. The van der Waals surface area contributed by atoms with Gasteiger partial charge in [-0.15, -0.1) is 11.3 Å². The standard InChI is InChI=1S/C11H9NOS/c13-6-4-9-2-1-3-10(8-9)11-12-5-7-14-11/h1-3,5-8H,4H2. The highest BCUT2D eigenvalue weighted by Gasteiger charge is 2.00. The van der Waals surface area contributed by atoms with E-state index in [1.54, 1.807) is 17.5 Å². The van der Waals surface area contributed by atoms with E-state index in [1.165, 1.54) is 0 Å². The van der Waals surface area contributed by atoms with Crippen LogP contribution in [0.25, 0.3) is 10.6 Å². The van der Waals surface area contributed by atoms with E-state index in [2.05, 4.69) is 4.98 Å². The molecule has 1 aromatic heterocycles. The molecule has 14 heavy (non-hydrogen) atoms. The smallest absolute Gasteiger partial charge is 0.124 e. The first-order chi connectivity index (χ1) is 6.90. The van der Waals surface area contributed by atoms with Crippen LogP contribution in [0.1, 0.15) is 5.56 Å². The Labute approximate surface area is 86.2 Å². The molecule has 0 aliphatic rings. The lowest BCUT2D eigenvalue weighted by Crippen LogP contribution is -1.86. The molecule has 0 spiro atoms. The Morgan fingerprint density at radius 2 is 2.36 bits per heavy atom. The Balaban J connectivity index is 2.35. The Morgan fingerprint density at radius 1 is 1.43 bits per heavy atom. The van der Waals surface area contributed by atoms with E-state index in [-0.39, 0.29) is 0 Å². The average Bonchev–Trinajstić information content (AvgIpc) is 2.71. The van der Waals surface area contributed by atoms with Crippen molar-refractivity contribution in [3.63, 3.8) is 0 Å². The van der Waals surface area contributed by atoms with E-state index in [4.69, 9.17) is 0 Å². The first-order valence-corrected chi connectivity index (χ1v) is 5.20. The van der Waals surface area contributed by atoms with E-state index >= 15 is 0 Å². The van der Waals surface area contributed by atoms with Crippen molar-refractivity contribution in [2.75, 3.05) is 0 Å². The third-order valence-electron chi connectivity index (χ3n) is 1.93. The number of aldehydes is 1. The van der Waals surface area contributed by atoms with Gasteiger partial charge in [-0.3, -0.25) is 0 Å². The van der Waals surface area contributed by atoms with Crippen LogP contribution in [0.3, 0.4) is 0 Å². The van der Waals surface area contributed by atoms with Crippen LogP contribution in [0.5, 0.6) is 0 Å². The average molecular weight is 203 g/mol. The van der Waals surface area contributed by atoms with Crippen LogP contribution < -0.4 is 0 Å². The minimum atomic E-state index is 0.471. The zero-order valence-corrected chi connectivity index (χ0v) is 8.33. The maximum Gasteiger partial charge on any atom is 0.124 e. The molecular formula is C11H9NOS. The summed E-state index contributed by atoms with van der Waals surface area (Å²) in [6.07, 6.45) is 3.17. The molecule has 1 aromatic carbocycles. The SMILES string of the molecule is O=CCc1cccc(-c2nccs2)c1. The molecule has 0 fully saturated rings. The van der Waals surface area contributed by atoms with Crippen molar-refractivity contribution in [3.05, 3.63) is 41.4 Å². The van der Waals surface area contributed by atoms with Crippen LogP contribution in [0.2, 0.25) is 0 Å². The first-order valence-electron chi connectivity index (χ1n) is 4.32. The maximum absolute atomic E-state index is 10.4.